The van der Waals surface area contributed by atoms with E-state index in [1.807, 2.05) is 22.9 Å². The Morgan fingerprint density at radius 3 is 2.70 bits per heavy atom. The molecule has 27 heavy (non-hydrogen) atoms. The minimum absolute atomic E-state index is 0.159. The van der Waals surface area contributed by atoms with Gasteiger partial charge in [-0.1, -0.05) is 18.6 Å². The second kappa shape index (κ2) is 7.00. The Kier molecular flexibility index (Phi) is 4.53. The second-order valence-corrected chi connectivity index (χ2v) is 7.38. The van der Waals surface area contributed by atoms with Gasteiger partial charge in [0.1, 0.15) is 5.56 Å². The quantitative estimate of drug-likeness (QED) is 0.700. The number of rotatable bonds is 5. The summed E-state index contributed by atoms with van der Waals surface area (Å²) in [5.74, 6) is -0.222. The molecule has 3 N–H and O–H groups in total. The van der Waals surface area contributed by atoms with Gasteiger partial charge in [0.05, 0.1) is 23.9 Å². The number of anilines is 1. The molecule has 3 aromatic rings. The molecule has 1 aliphatic rings. The molecule has 0 aliphatic heterocycles. The summed E-state index contributed by atoms with van der Waals surface area (Å²) >= 11 is 1.47. The highest BCUT2D eigenvalue weighted by molar-refractivity contribution is 7.08. The van der Waals surface area contributed by atoms with Crippen LogP contribution in [0, 0.1) is 0 Å². The minimum Gasteiger partial charge on any atom is -0.480 e. The van der Waals surface area contributed by atoms with Crippen LogP contribution in [0.1, 0.15) is 51.5 Å². The summed E-state index contributed by atoms with van der Waals surface area (Å²) in [5, 5.41) is 7.44. The predicted octanol–water partition coefficient (Wildman–Crippen LogP) is 3.92. The van der Waals surface area contributed by atoms with Crippen LogP contribution in [0.15, 0.2) is 35.0 Å². The van der Waals surface area contributed by atoms with Gasteiger partial charge in [-0.2, -0.15) is 11.3 Å². The van der Waals surface area contributed by atoms with Gasteiger partial charge in [-0.3, -0.25) is 9.59 Å². The molecule has 0 saturated heterocycles. The number of hydrogen-bond acceptors (Lipinski definition) is 5. The van der Waals surface area contributed by atoms with Crippen LogP contribution in [0.2, 0.25) is 0 Å². The first-order valence-electron chi connectivity index (χ1n) is 8.73. The minimum atomic E-state index is -0.604. The molecule has 7 heteroatoms. The zero-order valence-corrected chi connectivity index (χ0v) is 15.6. The Hall–Kier alpha value is -2.93. The van der Waals surface area contributed by atoms with Crippen molar-refractivity contribution >= 4 is 39.7 Å². The van der Waals surface area contributed by atoms with Crippen molar-refractivity contribution in [1.29, 1.82) is 0 Å². The van der Waals surface area contributed by atoms with Gasteiger partial charge in [-0.15, -0.1) is 0 Å². The smallest absolute Gasteiger partial charge is 0.256 e. The molecule has 0 bridgehead atoms. The number of amides is 2. The number of pyridine rings is 1. The molecule has 1 aliphatic carbocycles. The molecule has 0 unspecified atom stereocenters. The van der Waals surface area contributed by atoms with Crippen molar-refractivity contribution in [1.82, 2.24) is 4.98 Å². The van der Waals surface area contributed by atoms with E-state index in [1.54, 1.807) is 12.1 Å². The highest BCUT2D eigenvalue weighted by Crippen LogP contribution is 2.42. The number of nitrogens with one attached hydrogen (secondary N) is 1. The van der Waals surface area contributed by atoms with Gasteiger partial charge in [0.15, 0.2) is 0 Å². The summed E-state index contributed by atoms with van der Waals surface area (Å²) in [6.07, 6.45) is 3.35. The van der Waals surface area contributed by atoms with Gasteiger partial charge < -0.3 is 15.8 Å². The highest BCUT2D eigenvalue weighted by atomic mass is 32.1. The third-order valence-corrected chi connectivity index (χ3v) is 5.69. The molecule has 1 saturated carbocycles. The van der Waals surface area contributed by atoms with Crippen LogP contribution >= 0.6 is 11.3 Å². The molecule has 2 aromatic heterocycles. The maximum atomic E-state index is 12.7. The van der Waals surface area contributed by atoms with Gasteiger partial charge >= 0.3 is 0 Å². The Labute approximate surface area is 160 Å². The molecular formula is C20H19N3O3S. The normalized spacial score (nSPS) is 14.0. The first kappa shape index (κ1) is 17.5. The lowest BCUT2D eigenvalue weighted by Gasteiger charge is -2.28. The van der Waals surface area contributed by atoms with E-state index in [9.17, 15) is 9.59 Å². The molecule has 1 fully saturated rings. The number of primary amides is 1. The Balaban J connectivity index is 1.88. The summed E-state index contributed by atoms with van der Waals surface area (Å²) in [5.41, 5.74) is 8.63. The standard InChI is InChI=1S/C20H19N3O3S/c1-26-20-15(18(21)24)9-12-5-6-14(11-3-2-4-11)17(16(12)23-20)22-19(25)13-7-8-27-10-13/h5-11H,2-4H2,1H3,(H2,21,24)(H,22,25). The maximum absolute atomic E-state index is 12.7. The van der Waals surface area contributed by atoms with Crippen LogP contribution in [0.5, 0.6) is 5.88 Å². The van der Waals surface area contributed by atoms with Crippen LogP contribution in [0.4, 0.5) is 5.69 Å². The van der Waals surface area contributed by atoms with Crippen LogP contribution in [-0.2, 0) is 0 Å². The molecule has 0 atom stereocenters. The average Bonchev–Trinajstić information content (AvgIpc) is 3.15. The number of fused-ring (bicyclic) bond motifs is 1. The predicted molar refractivity (Wildman–Crippen MR) is 106 cm³/mol. The summed E-state index contributed by atoms with van der Waals surface area (Å²) in [4.78, 5) is 28.9. The monoisotopic (exact) mass is 381 g/mol. The first-order chi connectivity index (χ1) is 13.1. The van der Waals surface area contributed by atoms with Crippen LogP contribution < -0.4 is 15.8 Å². The van der Waals surface area contributed by atoms with Crippen molar-refractivity contribution in [2.45, 2.75) is 25.2 Å². The molecule has 1 aromatic carbocycles. The van der Waals surface area contributed by atoms with Crippen LogP contribution in [0.25, 0.3) is 10.9 Å². The lowest BCUT2D eigenvalue weighted by molar-refractivity contribution is 0.0994. The van der Waals surface area contributed by atoms with E-state index in [0.717, 1.165) is 23.8 Å². The van der Waals surface area contributed by atoms with E-state index in [1.165, 1.54) is 24.9 Å². The Morgan fingerprint density at radius 1 is 1.30 bits per heavy atom. The highest BCUT2D eigenvalue weighted by Gasteiger charge is 2.26. The number of benzene rings is 1. The number of hydrogen-bond donors (Lipinski definition) is 2. The van der Waals surface area contributed by atoms with Crippen molar-refractivity contribution in [3.63, 3.8) is 0 Å². The zero-order chi connectivity index (χ0) is 19.0. The van der Waals surface area contributed by atoms with Crippen molar-refractivity contribution in [2.75, 3.05) is 12.4 Å². The zero-order valence-electron chi connectivity index (χ0n) is 14.8. The lowest BCUT2D eigenvalue weighted by atomic mass is 9.79. The molecular weight excluding hydrogens is 362 g/mol. The first-order valence-corrected chi connectivity index (χ1v) is 9.67. The molecule has 138 valence electrons. The van der Waals surface area contributed by atoms with Gasteiger partial charge in [-0.25, -0.2) is 4.98 Å². The number of carbonyl (C=O) groups is 2. The third kappa shape index (κ3) is 3.14. The van der Waals surface area contributed by atoms with Crippen molar-refractivity contribution < 1.29 is 14.3 Å². The number of nitrogens with zero attached hydrogens (tertiary/aromatic N) is 1. The van der Waals surface area contributed by atoms with Gasteiger partial charge in [0, 0.05) is 10.8 Å². The fourth-order valence-corrected chi connectivity index (χ4v) is 3.98. The van der Waals surface area contributed by atoms with E-state index in [0.29, 0.717) is 22.7 Å². The number of methoxy groups -OCH3 is 1. The molecule has 0 spiro atoms. The summed E-state index contributed by atoms with van der Waals surface area (Å²) < 4.78 is 5.26. The molecule has 4 rings (SSSR count). The molecule has 0 radical (unpaired) electrons. The number of carbonyl (C=O) groups excluding carboxylic acids is 2. The third-order valence-electron chi connectivity index (χ3n) is 5.01. The topological polar surface area (TPSA) is 94.3 Å². The lowest BCUT2D eigenvalue weighted by Crippen LogP contribution is -2.18. The Bertz CT molecular complexity index is 1030. The number of aromatic nitrogens is 1. The summed E-state index contributed by atoms with van der Waals surface area (Å²) in [6.45, 7) is 0. The maximum Gasteiger partial charge on any atom is 0.256 e. The largest absolute Gasteiger partial charge is 0.480 e. The molecule has 2 heterocycles. The number of nitrogens with two attached hydrogens (primary N) is 1. The van der Waals surface area contributed by atoms with E-state index in [4.69, 9.17) is 10.5 Å². The average molecular weight is 381 g/mol. The number of ether oxygens (including phenoxy) is 1. The molecule has 2 amide bonds. The van der Waals surface area contributed by atoms with Gasteiger partial charge in [0.2, 0.25) is 5.88 Å². The fraction of sp³-hybridized carbons (Fsp3) is 0.250. The van der Waals surface area contributed by atoms with Crippen molar-refractivity contribution in [3.05, 3.63) is 51.7 Å². The van der Waals surface area contributed by atoms with Crippen LogP contribution in [-0.4, -0.2) is 23.9 Å². The molecule has 6 nitrogen and oxygen atoms in total. The Morgan fingerprint density at radius 2 is 2.11 bits per heavy atom. The van der Waals surface area contributed by atoms with Gasteiger partial charge in [-0.05, 0) is 41.8 Å². The van der Waals surface area contributed by atoms with Crippen molar-refractivity contribution in [3.8, 4) is 5.88 Å². The van der Waals surface area contributed by atoms with E-state index < -0.39 is 5.91 Å². The fourth-order valence-electron chi connectivity index (χ4n) is 3.34. The summed E-state index contributed by atoms with van der Waals surface area (Å²) in [6, 6.07) is 7.37. The number of thiophene rings is 1. The van der Waals surface area contributed by atoms with E-state index in [-0.39, 0.29) is 17.4 Å². The summed E-state index contributed by atoms with van der Waals surface area (Å²) in [7, 11) is 1.44. The van der Waals surface area contributed by atoms with Crippen LogP contribution in [0.3, 0.4) is 0 Å². The van der Waals surface area contributed by atoms with Crippen molar-refractivity contribution in [2.24, 2.45) is 5.73 Å². The second-order valence-electron chi connectivity index (χ2n) is 6.60. The van der Waals surface area contributed by atoms with E-state index >= 15 is 0 Å². The SMILES string of the molecule is COc1nc2c(NC(=O)c3ccsc3)c(C3CCC3)ccc2cc1C(N)=O. The van der Waals surface area contributed by atoms with E-state index in [2.05, 4.69) is 10.3 Å². The van der Waals surface area contributed by atoms with Gasteiger partial charge in [0.25, 0.3) is 11.8 Å².